The molecule has 1 aliphatic rings. The minimum absolute atomic E-state index is 0.0391. The fraction of sp³-hybridized carbons (Fsp3) is 0.250. The quantitative estimate of drug-likeness (QED) is 0.350. The molecule has 0 bridgehead atoms. The summed E-state index contributed by atoms with van der Waals surface area (Å²) < 4.78 is 16.4. The van der Waals surface area contributed by atoms with E-state index in [1.165, 1.54) is 24.3 Å². The van der Waals surface area contributed by atoms with E-state index >= 15 is 0 Å². The van der Waals surface area contributed by atoms with Crippen LogP contribution in [0.4, 0.5) is 0 Å². The minimum atomic E-state index is -1.68. The summed E-state index contributed by atoms with van der Waals surface area (Å²) in [6.07, 6.45) is -6.10. The zero-order chi connectivity index (χ0) is 21.6. The molecule has 1 saturated heterocycles. The molecule has 1 aromatic heterocycles. The Balaban J connectivity index is 1.90. The molecule has 10 nitrogen and oxygen atoms in total. The van der Waals surface area contributed by atoms with Crippen LogP contribution in [0.15, 0.2) is 45.6 Å². The molecule has 0 aliphatic carbocycles. The summed E-state index contributed by atoms with van der Waals surface area (Å²) in [6, 6.07) is 7.65. The van der Waals surface area contributed by atoms with Crippen LogP contribution in [-0.2, 0) is 4.74 Å². The van der Waals surface area contributed by atoms with Gasteiger partial charge in [-0.3, -0.25) is 4.79 Å². The number of phenolic OH excluding ortho intramolecular Hbond substituents is 3. The van der Waals surface area contributed by atoms with Crippen LogP contribution in [-0.4, -0.2) is 61.8 Å². The van der Waals surface area contributed by atoms with Crippen molar-refractivity contribution >= 4 is 11.0 Å². The van der Waals surface area contributed by atoms with Gasteiger partial charge in [0.1, 0.15) is 46.5 Å². The van der Waals surface area contributed by atoms with Crippen LogP contribution in [0.25, 0.3) is 22.3 Å². The number of hydrogen-bond acceptors (Lipinski definition) is 10. The Kier molecular flexibility index (Phi) is 5.00. The lowest BCUT2D eigenvalue weighted by Crippen LogP contribution is -2.55. The SMILES string of the molecule is O=c1c(O[C@H]2OC[C@@H](O)[C@H](O)[C@H]2O)c(-c2ccc(O)cc2)oc2cc(O)cc(O)c12. The summed E-state index contributed by atoms with van der Waals surface area (Å²) in [5, 5.41) is 58.7. The summed E-state index contributed by atoms with van der Waals surface area (Å²) in [4.78, 5) is 13.1. The highest BCUT2D eigenvalue weighted by atomic mass is 16.7. The minimum Gasteiger partial charge on any atom is -0.508 e. The molecule has 4 rings (SSSR count). The third-order valence-electron chi connectivity index (χ3n) is 4.74. The molecule has 30 heavy (non-hydrogen) atoms. The first-order valence-electron chi connectivity index (χ1n) is 8.91. The average molecular weight is 418 g/mol. The van der Waals surface area contributed by atoms with Gasteiger partial charge in [0, 0.05) is 17.7 Å². The van der Waals surface area contributed by atoms with Crippen LogP contribution >= 0.6 is 0 Å². The zero-order valence-corrected chi connectivity index (χ0v) is 15.3. The zero-order valence-electron chi connectivity index (χ0n) is 15.3. The Hall–Kier alpha value is -3.31. The molecular formula is C20H18O10. The van der Waals surface area contributed by atoms with E-state index < -0.39 is 41.5 Å². The standard InChI is InChI=1S/C20H18O10/c21-9-3-1-8(2-4-9)18-19(30-20-17(27)15(25)12(24)7-28-20)16(26)14-11(23)5-10(22)6-13(14)29-18/h1-6,12,15,17,20-25,27H,7H2/t12-,15+,17-,20-/m1/s1. The predicted octanol–water partition coefficient (Wildman–Crippen LogP) is 0.395. The summed E-state index contributed by atoms with van der Waals surface area (Å²) in [6.45, 7) is -0.352. The van der Waals surface area contributed by atoms with Crippen molar-refractivity contribution < 1.29 is 44.5 Å². The molecular weight excluding hydrogens is 400 g/mol. The summed E-state index contributed by atoms with van der Waals surface area (Å²) in [5.41, 5.74) is -0.655. The fourth-order valence-corrected chi connectivity index (χ4v) is 3.18. The largest absolute Gasteiger partial charge is 0.508 e. The molecule has 6 N–H and O–H groups in total. The monoisotopic (exact) mass is 418 g/mol. The third-order valence-corrected chi connectivity index (χ3v) is 4.74. The molecule has 4 atom stereocenters. The normalized spacial score (nSPS) is 24.1. The lowest BCUT2D eigenvalue weighted by Gasteiger charge is -2.34. The van der Waals surface area contributed by atoms with Gasteiger partial charge in [0.05, 0.1) is 6.61 Å². The number of aliphatic hydroxyl groups excluding tert-OH is 3. The number of aliphatic hydroxyl groups is 3. The predicted molar refractivity (Wildman–Crippen MR) is 101 cm³/mol. The fourth-order valence-electron chi connectivity index (χ4n) is 3.18. The molecule has 0 saturated carbocycles. The molecule has 158 valence electrons. The second kappa shape index (κ2) is 7.50. The molecule has 2 heterocycles. The van der Waals surface area contributed by atoms with Crippen LogP contribution in [0.3, 0.4) is 0 Å². The van der Waals surface area contributed by atoms with Gasteiger partial charge in [-0.15, -0.1) is 0 Å². The number of phenols is 3. The Morgan fingerprint density at radius 3 is 2.33 bits per heavy atom. The lowest BCUT2D eigenvalue weighted by atomic mass is 10.1. The van der Waals surface area contributed by atoms with Crippen LogP contribution in [0, 0.1) is 0 Å². The molecule has 0 amide bonds. The number of ether oxygens (including phenoxy) is 2. The number of rotatable bonds is 3. The molecule has 0 unspecified atom stereocenters. The van der Waals surface area contributed by atoms with E-state index in [0.717, 1.165) is 12.1 Å². The lowest BCUT2D eigenvalue weighted by molar-refractivity contribution is -0.242. The molecule has 1 fully saturated rings. The number of aromatic hydroxyl groups is 3. The van der Waals surface area contributed by atoms with Crippen molar-refractivity contribution in [2.45, 2.75) is 24.6 Å². The van der Waals surface area contributed by atoms with Gasteiger partial charge in [0.25, 0.3) is 0 Å². The molecule has 1 aliphatic heterocycles. The average Bonchev–Trinajstić information content (AvgIpc) is 2.70. The van der Waals surface area contributed by atoms with Crippen LogP contribution in [0.1, 0.15) is 0 Å². The van der Waals surface area contributed by atoms with Crippen molar-refractivity contribution in [3.8, 4) is 34.3 Å². The molecule has 0 spiro atoms. The van der Waals surface area contributed by atoms with Crippen molar-refractivity contribution in [1.29, 1.82) is 0 Å². The second-order valence-corrected chi connectivity index (χ2v) is 6.84. The Labute approximate surface area is 168 Å². The van der Waals surface area contributed by atoms with Crippen LogP contribution in [0.5, 0.6) is 23.0 Å². The summed E-state index contributed by atoms with van der Waals surface area (Å²) in [7, 11) is 0. The van der Waals surface area contributed by atoms with Crippen molar-refractivity contribution in [3.05, 3.63) is 46.6 Å². The molecule has 10 heteroatoms. The molecule has 2 aromatic carbocycles. The topological polar surface area (TPSA) is 170 Å². The molecule has 3 aromatic rings. The van der Waals surface area contributed by atoms with Gasteiger partial charge in [-0.05, 0) is 24.3 Å². The van der Waals surface area contributed by atoms with Crippen molar-refractivity contribution in [1.82, 2.24) is 0 Å². The van der Waals surface area contributed by atoms with Crippen LogP contribution < -0.4 is 10.2 Å². The van der Waals surface area contributed by atoms with E-state index in [-0.39, 0.29) is 34.8 Å². The van der Waals surface area contributed by atoms with Crippen molar-refractivity contribution in [2.24, 2.45) is 0 Å². The van der Waals surface area contributed by atoms with E-state index in [9.17, 15) is 35.4 Å². The highest BCUT2D eigenvalue weighted by Crippen LogP contribution is 2.37. The Morgan fingerprint density at radius 1 is 0.933 bits per heavy atom. The molecule has 0 radical (unpaired) electrons. The van der Waals surface area contributed by atoms with Gasteiger partial charge >= 0.3 is 0 Å². The first-order valence-corrected chi connectivity index (χ1v) is 8.91. The van der Waals surface area contributed by atoms with Gasteiger partial charge in [0.15, 0.2) is 5.76 Å². The van der Waals surface area contributed by atoms with Gasteiger partial charge in [-0.25, -0.2) is 0 Å². The van der Waals surface area contributed by atoms with Gasteiger partial charge in [-0.2, -0.15) is 0 Å². The number of benzene rings is 2. The van der Waals surface area contributed by atoms with Crippen molar-refractivity contribution in [3.63, 3.8) is 0 Å². The highest BCUT2D eigenvalue weighted by Gasteiger charge is 2.40. The summed E-state index contributed by atoms with van der Waals surface area (Å²) in [5.74, 6) is -1.50. The van der Waals surface area contributed by atoms with Gasteiger partial charge in [0.2, 0.25) is 17.5 Å². The van der Waals surface area contributed by atoms with E-state index in [0.29, 0.717) is 5.56 Å². The summed E-state index contributed by atoms with van der Waals surface area (Å²) >= 11 is 0. The highest BCUT2D eigenvalue weighted by molar-refractivity contribution is 5.88. The number of fused-ring (bicyclic) bond motifs is 1. The van der Waals surface area contributed by atoms with E-state index in [2.05, 4.69) is 0 Å². The first-order chi connectivity index (χ1) is 14.3. The van der Waals surface area contributed by atoms with E-state index in [4.69, 9.17) is 13.9 Å². The second-order valence-electron chi connectivity index (χ2n) is 6.84. The van der Waals surface area contributed by atoms with E-state index in [1.54, 1.807) is 0 Å². The number of hydrogen-bond donors (Lipinski definition) is 6. The Morgan fingerprint density at radius 2 is 1.63 bits per heavy atom. The maximum absolute atomic E-state index is 13.1. The maximum atomic E-state index is 13.1. The van der Waals surface area contributed by atoms with E-state index in [1.807, 2.05) is 0 Å². The van der Waals surface area contributed by atoms with Gasteiger partial charge < -0.3 is 44.5 Å². The first kappa shape index (κ1) is 20.0. The smallest absolute Gasteiger partial charge is 0.239 e. The Bertz CT molecular complexity index is 1140. The van der Waals surface area contributed by atoms with Crippen LogP contribution in [0.2, 0.25) is 0 Å². The third kappa shape index (κ3) is 3.42. The maximum Gasteiger partial charge on any atom is 0.239 e. The van der Waals surface area contributed by atoms with Gasteiger partial charge in [-0.1, -0.05) is 0 Å². The van der Waals surface area contributed by atoms with Crippen molar-refractivity contribution in [2.75, 3.05) is 6.61 Å².